The van der Waals surface area contributed by atoms with Crippen molar-refractivity contribution < 1.29 is 14.3 Å². The largest absolute Gasteiger partial charge is 0.491 e. The predicted molar refractivity (Wildman–Crippen MR) is 114 cm³/mol. The van der Waals surface area contributed by atoms with Gasteiger partial charge in [0.15, 0.2) is 0 Å². The smallest absolute Gasteiger partial charge is 0.248 e. The molecule has 3 rings (SSSR count). The molecule has 1 N–H and O–H groups in total. The van der Waals surface area contributed by atoms with Crippen LogP contribution >= 0.6 is 0 Å². The van der Waals surface area contributed by atoms with Gasteiger partial charge in [-0.3, -0.25) is 4.79 Å². The molecule has 3 aromatic rings. The molecule has 0 bridgehead atoms. The van der Waals surface area contributed by atoms with Crippen molar-refractivity contribution in [3.63, 3.8) is 0 Å². The Labute approximate surface area is 170 Å². The van der Waals surface area contributed by atoms with Crippen LogP contribution in [-0.4, -0.2) is 30.8 Å². The molecule has 0 aliphatic rings. The maximum absolute atomic E-state index is 12.3. The number of nitriles is 1. The highest BCUT2D eigenvalue weighted by molar-refractivity contribution is 6.03. The fraction of sp³-hybridized carbons (Fsp3) is 0.217. The summed E-state index contributed by atoms with van der Waals surface area (Å²) in [4.78, 5) is 12.3. The highest BCUT2D eigenvalue weighted by Gasteiger charge is 2.06. The third kappa shape index (κ3) is 5.47. The first-order chi connectivity index (χ1) is 14.2. The number of rotatable bonds is 9. The summed E-state index contributed by atoms with van der Waals surface area (Å²) in [7, 11) is 1.62. The Hall–Kier alpha value is -3.56. The van der Waals surface area contributed by atoms with Gasteiger partial charge in [0.05, 0.1) is 19.1 Å². The number of carbonyl (C=O) groups is 1. The van der Waals surface area contributed by atoms with Gasteiger partial charge in [-0.15, -0.1) is 0 Å². The number of aryl methyl sites for hydroxylation is 1. The number of nitrogens with zero attached hydrogens (tertiary/aromatic N) is 2. The van der Waals surface area contributed by atoms with E-state index >= 15 is 0 Å². The average Bonchev–Trinajstić information content (AvgIpc) is 3.10. The van der Waals surface area contributed by atoms with E-state index < -0.39 is 0 Å². The van der Waals surface area contributed by atoms with Crippen LogP contribution in [0, 0.1) is 11.3 Å². The number of aromatic nitrogens is 1. The van der Waals surface area contributed by atoms with Crippen molar-refractivity contribution in [2.75, 3.05) is 25.6 Å². The highest BCUT2D eigenvalue weighted by atomic mass is 16.5. The lowest BCUT2D eigenvalue weighted by molar-refractivity contribution is -0.111. The summed E-state index contributed by atoms with van der Waals surface area (Å²) in [5, 5.41) is 12.7. The molecule has 0 saturated carbocycles. The second-order valence-electron chi connectivity index (χ2n) is 6.39. The number of para-hydroxylation sites is 1. The molecule has 0 aliphatic heterocycles. The maximum atomic E-state index is 12.3. The van der Waals surface area contributed by atoms with Gasteiger partial charge in [-0.25, -0.2) is 0 Å². The van der Waals surface area contributed by atoms with Gasteiger partial charge in [-0.05, 0) is 36.4 Å². The zero-order valence-corrected chi connectivity index (χ0v) is 16.3. The van der Waals surface area contributed by atoms with Crippen LogP contribution in [0.3, 0.4) is 0 Å². The monoisotopic (exact) mass is 389 g/mol. The second-order valence-corrected chi connectivity index (χ2v) is 6.39. The number of methoxy groups -OCH3 is 1. The quantitative estimate of drug-likeness (QED) is 0.439. The van der Waals surface area contributed by atoms with Gasteiger partial charge in [0.2, 0.25) is 5.91 Å². The number of amides is 1. The van der Waals surface area contributed by atoms with E-state index in [-0.39, 0.29) is 5.91 Å². The zero-order valence-electron chi connectivity index (χ0n) is 16.3. The lowest BCUT2D eigenvalue weighted by Crippen LogP contribution is -2.08. The SMILES string of the molecule is COCCOc1ccc(NC(=O)/C=C/c2cn(CCC#N)c3ccccc23)cc1. The third-order valence-electron chi connectivity index (χ3n) is 4.38. The molecule has 0 fully saturated rings. The molecule has 0 radical (unpaired) electrons. The molecule has 1 heterocycles. The molecule has 148 valence electrons. The van der Waals surface area contributed by atoms with Crippen molar-refractivity contribution in [2.45, 2.75) is 13.0 Å². The summed E-state index contributed by atoms with van der Waals surface area (Å²) >= 11 is 0. The minimum atomic E-state index is -0.216. The predicted octanol–water partition coefficient (Wildman–Crippen LogP) is 4.23. The summed E-state index contributed by atoms with van der Waals surface area (Å²) in [6, 6.07) is 17.3. The Balaban J connectivity index is 1.65. The molecule has 0 spiro atoms. The van der Waals surface area contributed by atoms with Gasteiger partial charge in [-0.2, -0.15) is 5.26 Å². The summed E-state index contributed by atoms with van der Waals surface area (Å²) < 4.78 is 12.5. The number of carbonyl (C=O) groups excluding carboxylic acids is 1. The number of hydrogen-bond acceptors (Lipinski definition) is 4. The molecule has 0 saturated heterocycles. The van der Waals surface area contributed by atoms with E-state index in [2.05, 4.69) is 11.4 Å². The fourth-order valence-electron chi connectivity index (χ4n) is 2.99. The first-order valence-corrected chi connectivity index (χ1v) is 9.37. The average molecular weight is 389 g/mol. The van der Waals surface area contributed by atoms with E-state index in [1.165, 1.54) is 6.08 Å². The standard InChI is InChI=1S/C23H23N3O3/c1-28-15-16-29-20-10-8-19(9-11-20)25-23(27)12-7-18-17-26(14-4-13-24)22-6-3-2-5-21(18)22/h2-3,5-12,17H,4,14-16H2,1H3,(H,25,27)/b12-7+. The molecule has 2 aromatic carbocycles. The van der Waals surface area contributed by atoms with Crippen molar-refractivity contribution in [1.29, 1.82) is 5.26 Å². The van der Waals surface area contributed by atoms with Crippen LogP contribution in [0.15, 0.2) is 60.8 Å². The van der Waals surface area contributed by atoms with E-state index in [1.54, 1.807) is 37.5 Å². The molecule has 6 heteroatoms. The van der Waals surface area contributed by atoms with Gasteiger partial charge in [0.25, 0.3) is 0 Å². The number of hydrogen-bond donors (Lipinski definition) is 1. The third-order valence-corrected chi connectivity index (χ3v) is 4.38. The van der Waals surface area contributed by atoms with Crippen molar-refractivity contribution in [3.8, 4) is 11.8 Å². The molecule has 0 atom stereocenters. The van der Waals surface area contributed by atoms with Gasteiger partial charge in [0.1, 0.15) is 12.4 Å². The molecule has 0 aliphatic carbocycles. The van der Waals surface area contributed by atoms with Gasteiger partial charge in [0, 0.05) is 48.1 Å². The van der Waals surface area contributed by atoms with Crippen LogP contribution in [-0.2, 0) is 16.1 Å². The number of ether oxygens (including phenoxy) is 2. The summed E-state index contributed by atoms with van der Waals surface area (Å²) in [5.74, 6) is 0.507. The number of nitrogens with one attached hydrogen (secondary N) is 1. The topological polar surface area (TPSA) is 76.3 Å². The molecule has 29 heavy (non-hydrogen) atoms. The Bertz CT molecular complexity index is 1030. The summed E-state index contributed by atoms with van der Waals surface area (Å²) in [6.45, 7) is 1.62. The van der Waals surface area contributed by atoms with Gasteiger partial charge < -0.3 is 19.4 Å². The lowest BCUT2D eigenvalue weighted by Gasteiger charge is -2.07. The Morgan fingerprint density at radius 2 is 1.97 bits per heavy atom. The van der Waals surface area contributed by atoms with E-state index in [0.717, 1.165) is 22.2 Å². The number of fused-ring (bicyclic) bond motifs is 1. The normalized spacial score (nSPS) is 10.9. The first kappa shape index (κ1) is 20.2. The molecule has 6 nitrogen and oxygen atoms in total. The fourth-order valence-corrected chi connectivity index (χ4v) is 2.99. The van der Waals surface area contributed by atoms with Crippen molar-refractivity contribution >= 4 is 28.6 Å². The molecular weight excluding hydrogens is 366 g/mol. The molecule has 1 aromatic heterocycles. The summed E-state index contributed by atoms with van der Waals surface area (Å²) in [6.07, 6.45) is 5.72. The van der Waals surface area contributed by atoms with Crippen LogP contribution in [0.1, 0.15) is 12.0 Å². The first-order valence-electron chi connectivity index (χ1n) is 9.37. The van der Waals surface area contributed by atoms with E-state index in [9.17, 15) is 4.79 Å². The Morgan fingerprint density at radius 3 is 2.72 bits per heavy atom. The van der Waals surface area contributed by atoms with Crippen molar-refractivity contribution in [2.24, 2.45) is 0 Å². The highest BCUT2D eigenvalue weighted by Crippen LogP contribution is 2.23. The zero-order chi connectivity index (χ0) is 20.5. The van der Waals surface area contributed by atoms with E-state index in [4.69, 9.17) is 14.7 Å². The lowest BCUT2D eigenvalue weighted by atomic mass is 10.1. The Kier molecular flexibility index (Phi) is 7.04. The minimum Gasteiger partial charge on any atom is -0.491 e. The van der Waals surface area contributed by atoms with Crippen LogP contribution in [0.5, 0.6) is 5.75 Å². The Morgan fingerprint density at radius 1 is 1.17 bits per heavy atom. The van der Waals surface area contributed by atoms with E-state index in [0.29, 0.717) is 31.9 Å². The number of anilines is 1. The minimum absolute atomic E-state index is 0.216. The number of benzene rings is 2. The van der Waals surface area contributed by atoms with Gasteiger partial charge in [-0.1, -0.05) is 18.2 Å². The van der Waals surface area contributed by atoms with Gasteiger partial charge >= 0.3 is 0 Å². The molecule has 1 amide bonds. The van der Waals surface area contributed by atoms with Crippen LogP contribution < -0.4 is 10.1 Å². The molecular formula is C23H23N3O3. The van der Waals surface area contributed by atoms with Crippen LogP contribution in [0.4, 0.5) is 5.69 Å². The second kappa shape index (κ2) is 10.1. The van der Waals surface area contributed by atoms with Crippen molar-refractivity contribution in [3.05, 3.63) is 66.4 Å². The summed E-state index contributed by atoms with van der Waals surface area (Å²) in [5.41, 5.74) is 2.68. The molecule has 0 unspecified atom stereocenters. The maximum Gasteiger partial charge on any atom is 0.248 e. The van der Waals surface area contributed by atoms with Crippen LogP contribution in [0.2, 0.25) is 0 Å². The van der Waals surface area contributed by atoms with Crippen molar-refractivity contribution in [1.82, 2.24) is 4.57 Å². The van der Waals surface area contributed by atoms with E-state index in [1.807, 2.05) is 35.0 Å². The van der Waals surface area contributed by atoms with Crippen LogP contribution in [0.25, 0.3) is 17.0 Å².